The molecule has 3 heterocycles. The van der Waals surface area contributed by atoms with Crippen molar-refractivity contribution in [3.05, 3.63) is 22.2 Å². The van der Waals surface area contributed by atoms with Crippen LogP contribution in [0, 0.1) is 0 Å². The Kier molecular flexibility index (Phi) is 3.09. The lowest BCUT2D eigenvalue weighted by atomic mass is 9.86. The summed E-state index contributed by atoms with van der Waals surface area (Å²) in [6.45, 7) is 8.22. The normalized spacial score (nSPS) is 20.9. The van der Waals surface area contributed by atoms with Crippen molar-refractivity contribution in [1.29, 1.82) is 0 Å². The topological polar surface area (TPSA) is 31.4 Å². The van der Waals surface area contributed by atoms with Gasteiger partial charge in [0.15, 0.2) is 0 Å². The molecule has 100 valence electrons. The fourth-order valence-electron chi connectivity index (χ4n) is 1.88. The summed E-state index contributed by atoms with van der Waals surface area (Å²) < 4.78 is 12.0. The molecule has 1 saturated heterocycles. The van der Waals surface area contributed by atoms with Gasteiger partial charge in [0.1, 0.15) is 5.01 Å². The van der Waals surface area contributed by atoms with E-state index in [0.717, 1.165) is 16.2 Å². The van der Waals surface area contributed by atoms with Gasteiger partial charge in [-0.25, -0.2) is 4.98 Å². The molecular formula is C13H16BNO2S2. The minimum atomic E-state index is -0.367. The van der Waals surface area contributed by atoms with E-state index in [-0.39, 0.29) is 18.3 Å². The number of aromatic nitrogens is 1. The molecule has 1 aliphatic rings. The van der Waals surface area contributed by atoms with Crippen molar-refractivity contribution >= 4 is 35.4 Å². The van der Waals surface area contributed by atoms with Crippen LogP contribution in [0.2, 0.25) is 0 Å². The summed E-state index contributed by atoms with van der Waals surface area (Å²) in [5.41, 5.74) is 1.40. The summed E-state index contributed by atoms with van der Waals surface area (Å²) in [4.78, 5) is 4.64. The van der Waals surface area contributed by atoms with Crippen molar-refractivity contribution < 1.29 is 9.31 Å². The molecule has 6 heteroatoms. The Morgan fingerprint density at radius 3 is 2.37 bits per heavy atom. The smallest absolute Gasteiger partial charge is 0.398 e. The molecule has 0 bridgehead atoms. The van der Waals surface area contributed by atoms with Crippen molar-refractivity contribution in [3.8, 4) is 10.6 Å². The van der Waals surface area contributed by atoms with Crippen LogP contribution >= 0.6 is 22.7 Å². The van der Waals surface area contributed by atoms with Crippen LogP contribution in [0.5, 0.6) is 0 Å². The highest BCUT2D eigenvalue weighted by Gasteiger charge is 2.52. The molecular weight excluding hydrogens is 277 g/mol. The third kappa shape index (κ3) is 2.27. The van der Waals surface area contributed by atoms with Gasteiger partial charge >= 0.3 is 7.12 Å². The van der Waals surface area contributed by atoms with Gasteiger partial charge in [-0.2, -0.15) is 11.3 Å². The molecule has 19 heavy (non-hydrogen) atoms. The van der Waals surface area contributed by atoms with Crippen LogP contribution in [0.15, 0.2) is 22.2 Å². The Labute approximate surface area is 121 Å². The fourth-order valence-corrected chi connectivity index (χ4v) is 3.41. The SMILES string of the molecule is CC1(C)OB(c2csc(-c3ccsc3)n2)OC1(C)C. The lowest BCUT2D eigenvalue weighted by molar-refractivity contribution is 0.00578. The van der Waals surface area contributed by atoms with Gasteiger partial charge in [0.05, 0.1) is 16.8 Å². The first-order valence-electron chi connectivity index (χ1n) is 6.23. The zero-order valence-electron chi connectivity index (χ0n) is 11.5. The van der Waals surface area contributed by atoms with Gasteiger partial charge in [-0.3, -0.25) is 0 Å². The van der Waals surface area contributed by atoms with Crippen molar-refractivity contribution in [2.45, 2.75) is 38.9 Å². The molecule has 1 fully saturated rings. The highest BCUT2D eigenvalue weighted by atomic mass is 32.1. The van der Waals surface area contributed by atoms with Gasteiger partial charge in [-0.1, -0.05) is 0 Å². The van der Waals surface area contributed by atoms with E-state index >= 15 is 0 Å². The maximum absolute atomic E-state index is 6.01. The van der Waals surface area contributed by atoms with Crippen LogP contribution in [-0.2, 0) is 9.31 Å². The summed E-state index contributed by atoms with van der Waals surface area (Å²) in [6, 6.07) is 2.08. The molecule has 0 radical (unpaired) electrons. The molecule has 0 amide bonds. The Balaban J connectivity index is 1.85. The maximum atomic E-state index is 6.01. The number of hydrogen-bond acceptors (Lipinski definition) is 5. The van der Waals surface area contributed by atoms with E-state index in [0.29, 0.717) is 0 Å². The van der Waals surface area contributed by atoms with Crippen LogP contribution in [0.25, 0.3) is 10.6 Å². The highest BCUT2D eigenvalue weighted by molar-refractivity contribution is 7.14. The minimum Gasteiger partial charge on any atom is -0.398 e. The molecule has 0 atom stereocenters. The van der Waals surface area contributed by atoms with Crippen LogP contribution in [-0.4, -0.2) is 23.3 Å². The highest BCUT2D eigenvalue weighted by Crippen LogP contribution is 2.36. The van der Waals surface area contributed by atoms with Gasteiger partial charge in [-0.15, -0.1) is 11.3 Å². The molecule has 0 aliphatic carbocycles. The first kappa shape index (κ1) is 13.3. The molecule has 0 spiro atoms. The average Bonchev–Trinajstić information content (AvgIpc) is 3.00. The predicted molar refractivity (Wildman–Crippen MR) is 81.1 cm³/mol. The largest absolute Gasteiger partial charge is 0.515 e. The minimum absolute atomic E-state index is 0.316. The second-order valence-electron chi connectivity index (χ2n) is 5.68. The van der Waals surface area contributed by atoms with Crippen molar-refractivity contribution in [3.63, 3.8) is 0 Å². The summed E-state index contributed by atoms with van der Waals surface area (Å²) in [6.07, 6.45) is 0. The number of rotatable bonds is 2. The monoisotopic (exact) mass is 293 g/mol. The Morgan fingerprint density at radius 1 is 1.11 bits per heavy atom. The zero-order chi connectivity index (χ0) is 13.7. The van der Waals surface area contributed by atoms with Gasteiger partial charge in [0, 0.05) is 16.3 Å². The second-order valence-corrected chi connectivity index (χ2v) is 7.32. The van der Waals surface area contributed by atoms with Crippen molar-refractivity contribution in [1.82, 2.24) is 4.98 Å². The van der Waals surface area contributed by atoms with Gasteiger partial charge < -0.3 is 9.31 Å². The van der Waals surface area contributed by atoms with Gasteiger partial charge in [-0.05, 0) is 39.1 Å². The Hall–Kier alpha value is -0.685. The van der Waals surface area contributed by atoms with Crippen LogP contribution in [0.3, 0.4) is 0 Å². The number of thiophene rings is 1. The van der Waals surface area contributed by atoms with Crippen molar-refractivity contribution in [2.24, 2.45) is 0 Å². The van der Waals surface area contributed by atoms with Crippen LogP contribution < -0.4 is 5.59 Å². The first-order valence-corrected chi connectivity index (χ1v) is 8.05. The molecule has 3 nitrogen and oxygen atoms in total. The van der Waals surface area contributed by atoms with E-state index in [1.807, 2.05) is 5.38 Å². The summed E-state index contributed by atoms with van der Waals surface area (Å²) in [5, 5.41) is 7.21. The molecule has 1 aliphatic heterocycles. The second kappa shape index (κ2) is 4.41. The number of thiazole rings is 1. The van der Waals surface area contributed by atoms with E-state index < -0.39 is 0 Å². The first-order chi connectivity index (χ1) is 8.89. The van der Waals surface area contributed by atoms with Crippen molar-refractivity contribution in [2.75, 3.05) is 0 Å². The van der Waals surface area contributed by atoms with Gasteiger partial charge in [0.2, 0.25) is 0 Å². The van der Waals surface area contributed by atoms with E-state index in [9.17, 15) is 0 Å². The summed E-state index contributed by atoms with van der Waals surface area (Å²) in [5.74, 6) is 0. The third-order valence-electron chi connectivity index (χ3n) is 3.78. The zero-order valence-corrected chi connectivity index (χ0v) is 13.1. The molecule has 2 aromatic rings. The Morgan fingerprint density at radius 2 is 1.79 bits per heavy atom. The summed E-state index contributed by atoms with van der Waals surface area (Å²) >= 11 is 3.31. The van der Waals surface area contributed by atoms with Crippen LogP contribution in [0.4, 0.5) is 0 Å². The van der Waals surface area contributed by atoms with Gasteiger partial charge in [0.25, 0.3) is 0 Å². The van der Waals surface area contributed by atoms with Crippen LogP contribution in [0.1, 0.15) is 27.7 Å². The Bertz CT molecular complexity index is 561. The van der Waals surface area contributed by atoms with E-state index in [1.54, 1.807) is 22.7 Å². The quantitative estimate of drug-likeness (QED) is 0.797. The number of hydrogen-bond donors (Lipinski definition) is 0. The lowest BCUT2D eigenvalue weighted by Gasteiger charge is -2.32. The van der Waals surface area contributed by atoms with E-state index in [1.165, 1.54) is 0 Å². The standard InChI is InChI=1S/C13H16BNO2S2/c1-12(2)13(3,4)17-14(16-12)10-8-19-11(15-10)9-5-6-18-7-9/h5-8H,1-4H3. The maximum Gasteiger partial charge on any atom is 0.515 e. The molecule has 0 unspecified atom stereocenters. The molecule has 0 N–H and O–H groups in total. The number of nitrogens with zero attached hydrogens (tertiary/aromatic N) is 1. The van der Waals surface area contributed by atoms with E-state index in [2.05, 4.69) is 49.5 Å². The molecule has 3 rings (SSSR count). The predicted octanol–water partition coefficient (Wildman–Crippen LogP) is 3.17. The third-order valence-corrected chi connectivity index (χ3v) is 5.38. The molecule has 0 aromatic carbocycles. The fraction of sp³-hybridized carbons (Fsp3) is 0.462. The van der Waals surface area contributed by atoms with E-state index in [4.69, 9.17) is 9.31 Å². The average molecular weight is 293 g/mol. The molecule has 2 aromatic heterocycles. The summed E-state index contributed by atoms with van der Waals surface area (Å²) in [7, 11) is -0.367. The lowest BCUT2D eigenvalue weighted by Crippen LogP contribution is -2.41. The molecule has 0 saturated carbocycles.